The zero-order chi connectivity index (χ0) is 13.0. The third kappa shape index (κ3) is 4.09. The molecule has 0 amide bonds. The Balaban J connectivity index is 1.86. The van der Waals surface area contributed by atoms with Crippen molar-refractivity contribution in [2.75, 3.05) is 6.54 Å². The Morgan fingerprint density at radius 1 is 1.44 bits per heavy atom. The summed E-state index contributed by atoms with van der Waals surface area (Å²) in [7, 11) is 0. The maximum absolute atomic E-state index is 4.42. The van der Waals surface area contributed by atoms with E-state index in [9.17, 15) is 0 Å². The second kappa shape index (κ2) is 6.32. The number of nitrogens with zero attached hydrogens (tertiary/aromatic N) is 3. The van der Waals surface area contributed by atoms with Crippen LogP contribution in [0, 0.1) is 11.8 Å². The van der Waals surface area contributed by atoms with E-state index in [1.54, 1.807) is 6.33 Å². The normalized spacial score (nSPS) is 17.3. The first kappa shape index (κ1) is 13.5. The van der Waals surface area contributed by atoms with Gasteiger partial charge in [-0.3, -0.25) is 0 Å². The summed E-state index contributed by atoms with van der Waals surface area (Å²) in [6, 6.07) is 0.799. The second-order valence-corrected chi connectivity index (χ2v) is 5.91. The zero-order valence-corrected chi connectivity index (χ0v) is 11.9. The van der Waals surface area contributed by atoms with Crippen molar-refractivity contribution < 1.29 is 0 Å². The largest absolute Gasteiger partial charge is 0.314 e. The lowest BCUT2D eigenvalue weighted by molar-refractivity contribution is 0.415. The molecule has 1 heterocycles. The third-order valence-corrected chi connectivity index (χ3v) is 3.55. The number of hydrogen-bond donors (Lipinski definition) is 1. The van der Waals surface area contributed by atoms with Crippen LogP contribution in [0.15, 0.2) is 6.33 Å². The highest BCUT2D eigenvalue weighted by Crippen LogP contribution is 2.20. The SMILES string of the molecule is CCC(CNC1CC1)Cc1ncnn1CC(C)C. The van der Waals surface area contributed by atoms with Gasteiger partial charge in [-0.15, -0.1) is 0 Å². The molecule has 1 saturated carbocycles. The minimum atomic E-state index is 0.620. The molecule has 1 aromatic heterocycles. The average Bonchev–Trinajstić information content (AvgIpc) is 3.06. The number of rotatable bonds is 8. The Hall–Kier alpha value is -0.900. The van der Waals surface area contributed by atoms with Crippen LogP contribution in [-0.2, 0) is 13.0 Å². The smallest absolute Gasteiger partial charge is 0.138 e. The minimum Gasteiger partial charge on any atom is -0.314 e. The van der Waals surface area contributed by atoms with Gasteiger partial charge in [-0.05, 0) is 31.2 Å². The summed E-state index contributed by atoms with van der Waals surface area (Å²) in [5, 5.41) is 7.96. The molecule has 0 saturated heterocycles. The van der Waals surface area contributed by atoms with E-state index in [4.69, 9.17) is 0 Å². The standard InChI is InChI=1S/C14H26N4/c1-4-12(8-15-13-5-6-13)7-14-16-10-17-18(14)9-11(2)3/h10-13,15H,4-9H2,1-3H3. The lowest BCUT2D eigenvalue weighted by Gasteiger charge is -2.16. The van der Waals surface area contributed by atoms with E-state index in [0.717, 1.165) is 31.4 Å². The van der Waals surface area contributed by atoms with Crippen LogP contribution in [0.5, 0.6) is 0 Å². The lowest BCUT2D eigenvalue weighted by atomic mass is 10.0. The summed E-state index contributed by atoms with van der Waals surface area (Å²) in [5.41, 5.74) is 0. The summed E-state index contributed by atoms with van der Waals surface area (Å²) in [6.45, 7) is 8.80. The maximum Gasteiger partial charge on any atom is 0.138 e. The van der Waals surface area contributed by atoms with E-state index < -0.39 is 0 Å². The predicted molar refractivity (Wildman–Crippen MR) is 73.4 cm³/mol. The van der Waals surface area contributed by atoms with Gasteiger partial charge in [0.05, 0.1) is 0 Å². The molecule has 4 heteroatoms. The molecular weight excluding hydrogens is 224 g/mol. The van der Waals surface area contributed by atoms with Crippen molar-refractivity contribution in [1.82, 2.24) is 20.1 Å². The fraction of sp³-hybridized carbons (Fsp3) is 0.857. The van der Waals surface area contributed by atoms with Crippen molar-refractivity contribution in [2.45, 2.75) is 59.0 Å². The molecule has 2 rings (SSSR count). The average molecular weight is 250 g/mol. The van der Waals surface area contributed by atoms with Gasteiger partial charge in [0, 0.05) is 19.0 Å². The molecule has 1 unspecified atom stereocenters. The summed E-state index contributed by atoms with van der Waals surface area (Å²) < 4.78 is 2.07. The Labute approximate surface area is 110 Å². The Bertz CT molecular complexity index is 354. The highest BCUT2D eigenvalue weighted by Gasteiger charge is 2.22. The molecule has 1 atom stereocenters. The Kier molecular flexibility index (Phi) is 4.75. The van der Waals surface area contributed by atoms with Gasteiger partial charge >= 0.3 is 0 Å². The fourth-order valence-corrected chi connectivity index (χ4v) is 2.18. The van der Waals surface area contributed by atoms with E-state index in [0.29, 0.717) is 11.8 Å². The summed E-state index contributed by atoms with van der Waals surface area (Å²) in [4.78, 5) is 4.42. The molecule has 1 aliphatic rings. The van der Waals surface area contributed by atoms with Crippen LogP contribution >= 0.6 is 0 Å². The van der Waals surface area contributed by atoms with Gasteiger partial charge < -0.3 is 5.32 Å². The van der Waals surface area contributed by atoms with Crippen molar-refractivity contribution in [3.63, 3.8) is 0 Å². The van der Waals surface area contributed by atoms with Crippen LogP contribution in [0.25, 0.3) is 0 Å². The van der Waals surface area contributed by atoms with Crippen LogP contribution in [0.4, 0.5) is 0 Å². The second-order valence-electron chi connectivity index (χ2n) is 5.91. The lowest BCUT2D eigenvalue weighted by Crippen LogP contribution is -2.26. The zero-order valence-electron chi connectivity index (χ0n) is 11.9. The quantitative estimate of drug-likeness (QED) is 0.769. The van der Waals surface area contributed by atoms with Crippen molar-refractivity contribution in [3.05, 3.63) is 12.2 Å². The summed E-state index contributed by atoms with van der Waals surface area (Å²) >= 11 is 0. The number of nitrogens with one attached hydrogen (secondary N) is 1. The van der Waals surface area contributed by atoms with Crippen molar-refractivity contribution in [3.8, 4) is 0 Å². The summed E-state index contributed by atoms with van der Waals surface area (Å²) in [5.74, 6) is 2.45. The van der Waals surface area contributed by atoms with Gasteiger partial charge in [-0.2, -0.15) is 5.10 Å². The van der Waals surface area contributed by atoms with Crippen LogP contribution in [0.3, 0.4) is 0 Å². The fourth-order valence-electron chi connectivity index (χ4n) is 2.18. The minimum absolute atomic E-state index is 0.620. The molecule has 1 N–H and O–H groups in total. The molecule has 4 nitrogen and oxygen atoms in total. The van der Waals surface area contributed by atoms with Crippen LogP contribution < -0.4 is 5.32 Å². The van der Waals surface area contributed by atoms with E-state index in [2.05, 4.69) is 40.9 Å². The van der Waals surface area contributed by atoms with E-state index >= 15 is 0 Å². The molecule has 0 radical (unpaired) electrons. The van der Waals surface area contributed by atoms with Crippen molar-refractivity contribution in [2.24, 2.45) is 11.8 Å². The van der Waals surface area contributed by atoms with Gasteiger partial charge in [0.2, 0.25) is 0 Å². The first-order valence-corrected chi connectivity index (χ1v) is 7.29. The first-order chi connectivity index (χ1) is 8.69. The number of aromatic nitrogens is 3. The molecule has 0 bridgehead atoms. The third-order valence-electron chi connectivity index (χ3n) is 3.55. The Morgan fingerprint density at radius 3 is 2.83 bits per heavy atom. The van der Waals surface area contributed by atoms with Gasteiger partial charge in [-0.25, -0.2) is 9.67 Å². The molecular formula is C14H26N4. The van der Waals surface area contributed by atoms with E-state index in [1.165, 1.54) is 19.3 Å². The van der Waals surface area contributed by atoms with Gasteiger partial charge in [0.15, 0.2) is 0 Å². The number of hydrogen-bond acceptors (Lipinski definition) is 3. The highest BCUT2D eigenvalue weighted by molar-refractivity contribution is 4.89. The van der Waals surface area contributed by atoms with E-state index in [-0.39, 0.29) is 0 Å². The predicted octanol–water partition coefficient (Wildman–Crippen LogP) is 2.25. The van der Waals surface area contributed by atoms with E-state index in [1.807, 2.05) is 0 Å². The van der Waals surface area contributed by atoms with Crippen LogP contribution in [0.1, 0.15) is 45.9 Å². The molecule has 102 valence electrons. The van der Waals surface area contributed by atoms with Crippen molar-refractivity contribution in [1.29, 1.82) is 0 Å². The first-order valence-electron chi connectivity index (χ1n) is 7.29. The van der Waals surface area contributed by atoms with Gasteiger partial charge in [0.1, 0.15) is 12.2 Å². The monoisotopic (exact) mass is 250 g/mol. The van der Waals surface area contributed by atoms with Gasteiger partial charge in [0.25, 0.3) is 0 Å². The molecule has 1 aliphatic carbocycles. The van der Waals surface area contributed by atoms with Crippen LogP contribution in [0.2, 0.25) is 0 Å². The highest BCUT2D eigenvalue weighted by atomic mass is 15.3. The molecule has 1 fully saturated rings. The van der Waals surface area contributed by atoms with Gasteiger partial charge in [-0.1, -0.05) is 27.2 Å². The van der Waals surface area contributed by atoms with Crippen LogP contribution in [-0.4, -0.2) is 27.4 Å². The molecule has 1 aromatic rings. The van der Waals surface area contributed by atoms with Crippen molar-refractivity contribution >= 4 is 0 Å². The maximum atomic E-state index is 4.42. The summed E-state index contributed by atoms with van der Waals surface area (Å²) in [6.07, 6.45) is 6.66. The topological polar surface area (TPSA) is 42.7 Å². The molecule has 18 heavy (non-hydrogen) atoms. The molecule has 0 aliphatic heterocycles. The Morgan fingerprint density at radius 2 is 2.22 bits per heavy atom. The molecule has 0 spiro atoms. The molecule has 0 aromatic carbocycles.